The number of benzene rings is 1. The molecule has 0 bridgehead atoms. The normalized spacial score (nSPS) is 22.1. The van der Waals surface area contributed by atoms with Crippen LogP contribution in [0.1, 0.15) is 36.3 Å². The summed E-state index contributed by atoms with van der Waals surface area (Å²) in [5, 5.41) is 9.79. The molecule has 1 aromatic carbocycles. The van der Waals surface area contributed by atoms with E-state index >= 15 is 0 Å². The number of hydrogen-bond donors (Lipinski definition) is 1. The quantitative estimate of drug-likeness (QED) is 0.738. The summed E-state index contributed by atoms with van der Waals surface area (Å²) >= 11 is 1.60. The van der Waals surface area contributed by atoms with Crippen molar-refractivity contribution in [2.45, 2.75) is 37.8 Å². The lowest BCUT2D eigenvalue weighted by Crippen LogP contribution is -2.47. The van der Waals surface area contributed by atoms with Gasteiger partial charge < -0.3 is 5.32 Å². The number of hydrogen-bond acceptors (Lipinski definition) is 5. The number of fused-ring (bicyclic) bond motifs is 1. The molecule has 144 valence electrons. The largest absolute Gasteiger partial charge is 0.345 e. The lowest BCUT2D eigenvalue weighted by molar-refractivity contribution is 0.0905. The van der Waals surface area contributed by atoms with E-state index in [1.54, 1.807) is 16.0 Å². The molecular weight excluding hydrogens is 370 g/mol. The van der Waals surface area contributed by atoms with Gasteiger partial charge in [-0.05, 0) is 49.4 Å². The van der Waals surface area contributed by atoms with Crippen LogP contribution in [0.5, 0.6) is 0 Å². The molecule has 2 saturated heterocycles. The molecular formula is C21H23N5OS. The number of carbonyl (C=O) groups is 1. The van der Waals surface area contributed by atoms with Gasteiger partial charge >= 0.3 is 0 Å². The van der Waals surface area contributed by atoms with Gasteiger partial charge in [-0.25, -0.2) is 9.67 Å². The van der Waals surface area contributed by atoms with E-state index < -0.39 is 0 Å². The van der Waals surface area contributed by atoms with Crippen molar-refractivity contribution in [1.29, 1.82) is 0 Å². The molecule has 0 unspecified atom stereocenters. The average Bonchev–Trinajstić information content (AvgIpc) is 3.48. The molecule has 0 radical (unpaired) electrons. The second kappa shape index (κ2) is 7.48. The van der Waals surface area contributed by atoms with E-state index in [1.807, 2.05) is 47.8 Å². The van der Waals surface area contributed by atoms with Gasteiger partial charge in [-0.2, -0.15) is 0 Å². The Hall–Kier alpha value is -2.51. The fourth-order valence-electron chi connectivity index (χ4n) is 4.37. The first kappa shape index (κ1) is 17.6. The highest BCUT2D eigenvalue weighted by Crippen LogP contribution is 2.28. The summed E-state index contributed by atoms with van der Waals surface area (Å²) in [6.07, 6.45) is 4.69. The number of piperidine rings is 1. The number of carbonyl (C=O) groups excluding carboxylic acids is 1. The summed E-state index contributed by atoms with van der Waals surface area (Å²) in [5.74, 6) is 0.767. The number of thiophene rings is 1. The minimum Gasteiger partial charge on any atom is -0.345 e. The molecule has 1 N–H and O–H groups in total. The summed E-state index contributed by atoms with van der Waals surface area (Å²) < 4.78 is 1.77. The van der Waals surface area contributed by atoms with E-state index in [2.05, 4.69) is 20.3 Å². The molecule has 2 aliphatic heterocycles. The first-order valence-electron chi connectivity index (χ1n) is 9.91. The molecule has 0 saturated carbocycles. The van der Waals surface area contributed by atoms with Gasteiger partial charge in [-0.15, -0.1) is 16.4 Å². The van der Waals surface area contributed by atoms with Crippen LogP contribution < -0.4 is 5.32 Å². The second-order valence-corrected chi connectivity index (χ2v) is 8.40. The molecule has 6 nitrogen and oxygen atoms in total. The zero-order valence-electron chi connectivity index (χ0n) is 15.6. The third-order valence-corrected chi connectivity index (χ3v) is 6.59. The van der Waals surface area contributed by atoms with E-state index in [0.717, 1.165) is 36.5 Å². The van der Waals surface area contributed by atoms with Crippen molar-refractivity contribution in [2.24, 2.45) is 0 Å². The Labute approximate surface area is 168 Å². The maximum absolute atomic E-state index is 13.0. The van der Waals surface area contributed by atoms with E-state index in [4.69, 9.17) is 0 Å². The molecule has 5 rings (SSSR count). The van der Waals surface area contributed by atoms with Gasteiger partial charge in [-0.3, -0.25) is 9.69 Å². The molecule has 0 spiro atoms. The smallest absolute Gasteiger partial charge is 0.291 e. The Kier molecular flexibility index (Phi) is 4.70. The Morgan fingerprint density at radius 3 is 2.79 bits per heavy atom. The zero-order chi connectivity index (χ0) is 18.9. The minimum absolute atomic E-state index is 0.176. The highest BCUT2D eigenvalue weighted by molar-refractivity contribution is 7.13. The number of para-hydroxylation sites is 1. The van der Waals surface area contributed by atoms with Gasteiger partial charge in [0.25, 0.3) is 5.91 Å². The van der Waals surface area contributed by atoms with Crippen LogP contribution in [0.2, 0.25) is 0 Å². The fraction of sp³-hybridized carbons (Fsp3) is 0.381. The van der Waals surface area contributed by atoms with Crippen molar-refractivity contribution in [1.82, 2.24) is 25.0 Å². The van der Waals surface area contributed by atoms with Crippen LogP contribution in [0.15, 0.2) is 47.8 Å². The summed E-state index contributed by atoms with van der Waals surface area (Å²) in [6, 6.07) is 14.5. The van der Waals surface area contributed by atoms with E-state index in [1.165, 1.54) is 12.8 Å². The van der Waals surface area contributed by atoms with Crippen molar-refractivity contribution in [3.8, 4) is 16.4 Å². The molecule has 2 atom stereocenters. The van der Waals surface area contributed by atoms with Crippen LogP contribution >= 0.6 is 11.3 Å². The highest BCUT2D eigenvalue weighted by Gasteiger charge is 2.37. The van der Waals surface area contributed by atoms with Gasteiger partial charge in [0, 0.05) is 18.6 Å². The summed E-state index contributed by atoms with van der Waals surface area (Å²) in [6.45, 7) is 2.22. The maximum atomic E-state index is 13.0. The first-order valence-corrected chi connectivity index (χ1v) is 10.8. The van der Waals surface area contributed by atoms with Gasteiger partial charge in [0.1, 0.15) is 0 Å². The van der Waals surface area contributed by atoms with Crippen molar-refractivity contribution < 1.29 is 4.79 Å². The van der Waals surface area contributed by atoms with Crippen molar-refractivity contribution >= 4 is 17.2 Å². The van der Waals surface area contributed by atoms with Crippen LogP contribution in [0.25, 0.3) is 16.4 Å². The third-order valence-electron chi connectivity index (χ3n) is 5.73. The van der Waals surface area contributed by atoms with Gasteiger partial charge in [-0.1, -0.05) is 30.7 Å². The molecule has 1 amide bonds. The van der Waals surface area contributed by atoms with E-state index in [-0.39, 0.29) is 17.8 Å². The molecule has 2 aromatic heterocycles. The van der Waals surface area contributed by atoms with Crippen molar-refractivity contribution in [2.75, 3.05) is 13.1 Å². The predicted octanol–water partition coefficient (Wildman–Crippen LogP) is 3.35. The minimum atomic E-state index is -0.176. The van der Waals surface area contributed by atoms with Crippen LogP contribution in [0.3, 0.4) is 0 Å². The van der Waals surface area contributed by atoms with Crippen LogP contribution in [0.4, 0.5) is 0 Å². The Morgan fingerprint density at radius 1 is 1.07 bits per heavy atom. The molecule has 28 heavy (non-hydrogen) atoms. The van der Waals surface area contributed by atoms with Gasteiger partial charge in [0.2, 0.25) is 5.82 Å². The lowest BCUT2D eigenvalue weighted by Gasteiger charge is -2.32. The summed E-state index contributed by atoms with van der Waals surface area (Å²) in [4.78, 5) is 21.1. The van der Waals surface area contributed by atoms with Crippen molar-refractivity contribution in [3.05, 3.63) is 53.7 Å². The van der Waals surface area contributed by atoms with Gasteiger partial charge in [0.15, 0.2) is 5.82 Å². The summed E-state index contributed by atoms with van der Waals surface area (Å²) in [5.41, 5.74) is 0.900. The van der Waals surface area contributed by atoms with Crippen LogP contribution in [-0.2, 0) is 0 Å². The Bertz CT molecular complexity index is 953. The molecule has 7 heteroatoms. The number of amides is 1. The molecule has 3 aromatic rings. The SMILES string of the molecule is O=C(N[C@@H]1CCN2CCCC[C@H]12)c1nc(-c2cccs2)n(-c2ccccc2)n1. The fourth-order valence-corrected chi connectivity index (χ4v) is 5.07. The lowest BCUT2D eigenvalue weighted by atomic mass is 9.99. The van der Waals surface area contributed by atoms with E-state index in [0.29, 0.717) is 11.9 Å². The second-order valence-electron chi connectivity index (χ2n) is 7.45. The molecule has 4 heterocycles. The molecule has 0 aliphatic carbocycles. The zero-order valence-corrected chi connectivity index (χ0v) is 16.4. The average molecular weight is 394 g/mol. The predicted molar refractivity (Wildman–Crippen MR) is 110 cm³/mol. The molecule has 2 aliphatic rings. The van der Waals surface area contributed by atoms with Crippen LogP contribution in [0, 0.1) is 0 Å². The van der Waals surface area contributed by atoms with Crippen LogP contribution in [-0.4, -0.2) is 50.7 Å². The van der Waals surface area contributed by atoms with Gasteiger partial charge in [0.05, 0.1) is 10.6 Å². The third kappa shape index (κ3) is 3.25. The van der Waals surface area contributed by atoms with Crippen molar-refractivity contribution in [3.63, 3.8) is 0 Å². The Morgan fingerprint density at radius 2 is 1.96 bits per heavy atom. The summed E-state index contributed by atoms with van der Waals surface area (Å²) in [7, 11) is 0. The maximum Gasteiger partial charge on any atom is 0.291 e. The Balaban J connectivity index is 1.43. The monoisotopic (exact) mass is 393 g/mol. The number of rotatable bonds is 4. The topological polar surface area (TPSA) is 63.1 Å². The highest BCUT2D eigenvalue weighted by atomic mass is 32.1. The number of nitrogens with zero attached hydrogens (tertiary/aromatic N) is 4. The standard InChI is InChI=1S/C21H23N5OS/c27-21(22-16-11-13-25-12-5-4-9-17(16)25)19-23-20(18-10-6-14-28-18)26(24-19)15-7-2-1-3-8-15/h1-3,6-8,10,14,16-17H,4-5,9,11-13H2,(H,22,27)/t16-,17-/m1/s1. The first-order chi connectivity index (χ1) is 13.8. The number of nitrogens with one attached hydrogen (secondary N) is 1. The van der Waals surface area contributed by atoms with E-state index in [9.17, 15) is 4.79 Å². The molecule has 2 fully saturated rings. The number of aromatic nitrogens is 3.